The third-order valence-corrected chi connectivity index (χ3v) is 6.03. The largest absolute Gasteiger partial charge is 0.363 e. The van der Waals surface area contributed by atoms with Crippen molar-refractivity contribution in [2.75, 3.05) is 18.9 Å². The average Bonchev–Trinajstić information content (AvgIpc) is 3.54. The van der Waals surface area contributed by atoms with Gasteiger partial charge in [0.25, 0.3) is 0 Å². The molecular weight excluding hydrogens is 416 g/mol. The van der Waals surface area contributed by atoms with E-state index in [9.17, 15) is 0 Å². The van der Waals surface area contributed by atoms with Crippen molar-refractivity contribution in [2.24, 2.45) is 0 Å². The van der Waals surface area contributed by atoms with Gasteiger partial charge in [-0.3, -0.25) is 4.57 Å². The molecule has 1 fully saturated rings. The molecule has 0 aliphatic heterocycles. The van der Waals surface area contributed by atoms with Crippen LogP contribution in [0, 0.1) is 11.7 Å². The average molecular weight is 443 g/mol. The second kappa shape index (κ2) is 9.29. The van der Waals surface area contributed by atoms with E-state index in [1.54, 1.807) is 0 Å². The number of nitrogens with one attached hydrogen (secondary N) is 1. The summed E-state index contributed by atoms with van der Waals surface area (Å²) in [5, 5.41) is 8.89. The van der Waals surface area contributed by atoms with Crippen molar-refractivity contribution in [3.8, 4) is 5.69 Å². The normalized spacial score (nSPS) is 13.7. The van der Waals surface area contributed by atoms with Gasteiger partial charge in [-0.1, -0.05) is 17.7 Å². The number of rotatable bonds is 9. The molecule has 158 valence electrons. The van der Waals surface area contributed by atoms with Gasteiger partial charge in [0.15, 0.2) is 5.82 Å². The summed E-state index contributed by atoms with van der Waals surface area (Å²) in [5.41, 5.74) is 2.09. The molecule has 1 aliphatic carbocycles. The van der Waals surface area contributed by atoms with Crippen LogP contribution < -0.4 is 5.32 Å². The summed E-state index contributed by atoms with van der Waals surface area (Å²) in [7, 11) is 2.20. The topological polar surface area (TPSA) is 50.9 Å². The number of halogens is 1. The molecule has 0 radical (unpaired) electrons. The van der Waals surface area contributed by atoms with Gasteiger partial charge in [0.05, 0.1) is 6.54 Å². The van der Waals surface area contributed by atoms with Crippen molar-refractivity contribution in [2.45, 2.75) is 45.3 Å². The Hall–Kier alpha value is -2.22. The van der Waals surface area contributed by atoms with Crippen LogP contribution in [0.2, 0.25) is 5.02 Å². The Morgan fingerprint density at radius 1 is 1.20 bits per heavy atom. The van der Waals surface area contributed by atoms with Crippen LogP contribution in [-0.2, 0) is 13.1 Å². The molecule has 8 heteroatoms. The lowest BCUT2D eigenvalue weighted by molar-refractivity contribution is 0.308. The summed E-state index contributed by atoms with van der Waals surface area (Å²) in [6, 6.07) is 12.5. The minimum Gasteiger partial charge on any atom is -0.363 e. The van der Waals surface area contributed by atoms with E-state index in [2.05, 4.69) is 22.2 Å². The lowest BCUT2D eigenvalue weighted by Crippen LogP contribution is -2.23. The zero-order valence-electron chi connectivity index (χ0n) is 17.4. The van der Waals surface area contributed by atoms with Crippen molar-refractivity contribution < 1.29 is 0 Å². The molecule has 1 aliphatic rings. The first-order valence-corrected chi connectivity index (χ1v) is 11.1. The van der Waals surface area contributed by atoms with Crippen LogP contribution in [0.5, 0.6) is 0 Å². The number of nitrogens with zero attached hydrogens (tertiary/aromatic N) is 5. The minimum atomic E-state index is 0.525. The van der Waals surface area contributed by atoms with Crippen molar-refractivity contribution in [1.29, 1.82) is 0 Å². The highest BCUT2D eigenvalue weighted by molar-refractivity contribution is 7.71. The van der Waals surface area contributed by atoms with Gasteiger partial charge in [0.1, 0.15) is 5.82 Å². The number of aryl methyl sites for hydroxylation is 2. The fraction of sp³-hybridized carbons (Fsp3) is 0.409. The lowest BCUT2D eigenvalue weighted by Gasteiger charge is -2.14. The molecule has 1 N–H and O–H groups in total. The van der Waals surface area contributed by atoms with Crippen molar-refractivity contribution in [3.05, 3.63) is 63.8 Å². The number of benzene rings is 1. The van der Waals surface area contributed by atoms with E-state index in [1.165, 1.54) is 12.8 Å². The van der Waals surface area contributed by atoms with Gasteiger partial charge in [-0.2, -0.15) is 5.10 Å². The zero-order chi connectivity index (χ0) is 21.1. The van der Waals surface area contributed by atoms with E-state index >= 15 is 0 Å². The Bertz CT molecular complexity index is 1040. The predicted octanol–water partition coefficient (Wildman–Crippen LogP) is 4.86. The van der Waals surface area contributed by atoms with E-state index in [0.29, 0.717) is 16.3 Å². The smallest absolute Gasteiger partial charge is 0.202 e. The molecule has 0 saturated heterocycles. The first-order valence-electron chi connectivity index (χ1n) is 10.3. The van der Waals surface area contributed by atoms with Gasteiger partial charge >= 0.3 is 0 Å². The Morgan fingerprint density at radius 3 is 2.63 bits per heavy atom. The lowest BCUT2D eigenvalue weighted by atomic mass is 10.3. The maximum atomic E-state index is 6.09. The van der Waals surface area contributed by atoms with E-state index in [1.807, 2.05) is 58.8 Å². The van der Waals surface area contributed by atoms with Crippen molar-refractivity contribution >= 4 is 29.6 Å². The van der Waals surface area contributed by atoms with Crippen LogP contribution in [0.25, 0.3) is 5.69 Å². The van der Waals surface area contributed by atoms with Crippen molar-refractivity contribution in [3.63, 3.8) is 0 Å². The maximum Gasteiger partial charge on any atom is 0.202 e. The van der Waals surface area contributed by atoms with Gasteiger partial charge < -0.3 is 10.2 Å². The first-order chi connectivity index (χ1) is 14.5. The van der Waals surface area contributed by atoms with Crippen LogP contribution in [0.4, 0.5) is 5.82 Å². The second-order valence-electron chi connectivity index (χ2n) is 7.87. The summed E-state index contributed by atoms with van der Waals surface area (Å²) in [6.07, 6.45) is 5.52. The monoisotopic (exact) mass is 442 g/mol. The molecular formula is C22H27ClN6S. The first kappa shape index (κ1) is 21.0. The van der Waals surface area contributed by atoms with Gasteiger partial charge in [-0.15, -0.1) is 0 Å². The summed E-state index contributed by atoms with van der Waals surface area (Å²) >= 11 is 11.9. The summed E-state index contributed by atoms with van der Waals surface area (Å²) in [6.45, 7) is 4.40. The second-order valence-corrected chi connectivity index (χ2v) is 8.68. The van der Waals surface area contributed by atoms with Gasteiger partial charge in [-0.25, -0.2) is 9.67 Å². The van der Waals surface area contributed by atoms with E-state index in [-0.39, 0.29) is 0 Å². The molecule has 4 rings (SSSR count). The highest BCUT2D eigenvalue weighted by Crippen LogP contribution is 2.25. The van der Waals surface area contributed by atoms with Crippen LogP contribution in [0.3, 0.4) is 0 Å². The molecule has 30 heavy (non-hydrogen) atoms. The van der Waals surface area contributed by atoms with E-state index < -0.39 is 0 Å². The molecule has 1 aromatic carbocycles. The quantitative estimate of drug-likeness (QED) is 0.480. The zero-order valence-corrected chi connectivity index (χ0v) is 19.0. The predicted molar refractivity (Wildman–Crippen MR) is 124 cm³/mol. The Labute approximate surface area is 187 Å². The Kier molecular flexibility index (Phi) is 6.51. The molecule has 6 nitrogen and oxygen atoms in total. The third kappa shape index (κ3) is 5.09. The minimum absolute atomic E-state index is 0.525. The fourth-order valence-corrected chi connectivity index (χ4v) is 3.94. The SMILES string of the molecule is Cc1ccc(NCc2nn(CCCN(C)C3CC3)c(=S)n2-c2ccc(Cl)cc2)nc1. The molecule has 3 aromatic rings. The highest BCUT2D eigenvalue weighted by atomic mass is 35.5. The summed E-state index contributed by atoms with van der Waals surface area (Å²) in [4.78, 5) is 6.86. The number of hydrogen-bond acceptors (Lipinski definition) is 5. The molecule has 2 heterocycles. The maximum absolute atomic E-state index is 6.09. The fourth-order valence-electron chi connectivity index (χ4n) is 3.47. The number of aromatic nitrogens is 4. The number of hydrogen-bond donors (Lipinski definition) is 1. The summed E-state index contributed by atoms with van der Waals surface area (Å²) < 4.78 is 4.64. The van der Waals surface area contributed by atoms with E-state index in [4.69, 9.17) is 28.9 Å². The number of pyridine rings is 1. The highest BCUT2D eigenvalue weighted by Gasteiger charge is 2.25. The van der Waals surface area contributed by atoms with Crippen molar-refractivity contribution in [1.82, 2.24) is 24.2 Å². The molecule has 0 bridgehead atoms. The Morgan fingerprint density at radius 2 is 1.97 bits per heavy atom. The van der Waals surface area contributed by atoms with Crippen LogP contribution >= 0.6 is 23.8 Å². The van der Waals surface area contributed by atoms with E-state index in [0.717, 1.165) is 48.4 Å². The van der Waals surface area contributed by atoms with Crippen LogP contribution in [0.15, 0.2) is 42.6 Å². The van der Waals surface area contributed by atoms with Gasteiger partial charge in [-0.05, 0) is 87.9 Å². The Balaban J connectivity index is 1.54. The van der Waals surface area contributed by atoms with Gasteiger partial charge in [0.2, 0.25) is 4.77 Å². The molecule has 0 amide bonds. The van der Waals surface area contributed by atoms with Crippen LogP contribution in [-0.4, -0.2) is 43.9 Å². The molecule has 0 atom stereocenters. The van der Waals surface area contributed by atoms with Gasteiger partial charge in [0, 0.05) is 29.5 Å². The molecule has 0 unspecified atom stereocenters. The molecule has 0 spiro atoms. The molecule has 1 saturated carbocycles. The standard InChI is InChI=1S/C22H27ClN6S/c1-16-4-11-20(24-14-16)25-15-21-26-28(13-3-12-27(2)18-9-10-18)22(30)29(21)19-7-5-17(23)6-8-19/h4-8,11,14,18H,3,9-10,12-13,15H2,1-2H3,(H,24,25). The number of anilines is 1. The third-order valence-electron chi connectivity index (χ3n) is 5.38. The molecule has 2 aromatic heterocycles. The summed E-state index contributed by atoms with van der Waals surface area (Å²) in [5.74, 6) is 1.66. The van der Waals surface area contributed by atoms with Crippen LogP contribution in [0.1, 0.15) is 30.7 Å².